The fraction of sp³-hybridized carbons (Fsp3) is 0.0385. The lowest BCUT2D eigenvalue weighted by Gasteiger charge is -2.09. The third-order valence-electron chi connectivity index (χ3n) is 5.27. The first kappa shape index (κ1) is 18.8. The first-order valence-corrected chi connectivity index (χ1v) is 10.1. The molecular formula is C26H20N4O. The zero-order valence-electron chi connectivity index (χ0n) is 17.0. The van der Waals surface area contributed by atoms with E-state index in [1.165, 1.54) is 0 Å². The third-order valence-corrected chi connectivity index (χ3v) is 5.27. The number of nitrogens with one attached hydrogen (secondary N) is 1. The number of aryl methyl sites for hydroxylation is 1. The number of carbonyl (C=O) groups is 1. The average molecular weight is 404 g/mol. The van der Waals surface area contributed by atoms with Crippen LogP contribution in [0.4, 0.5) is 5.69 Å². The number of amides is 1. The van der Waals surface area contributed by atoms with E-state index in [-0.39, 0.29) is 5.91 Å². The quantitative estimate of drug-likeness (QED) is 0.423. The SMILES string of the molecule is Cc1c(C(=O)Nc2ccccc2)cnc2c(-c3ccccc3)c(-c3ccccc3)nn12. The summed E-state index contributed by atoms with van der Waals surface area (Å²) in [7, 11) is 0. The van der Waals surface area contributed by atoms with E-state index in [2.05, 4.69) is 22.4 Å². The molecule has 31 heavy (non-hydrogen) atoms. The molecule has 0 aliphatic heterocycles. The van der Waals surface area contributed by atoms with Crippen molar-refractivity contribution in [2.24, 2.45) is 0 Å². The maximum Gasteiger partial charge on any atom is 0.259 e. The lowest BCUT2D eigenvalue weighted by molar-refractivity contribution is 0.102. The van der Waals surface area contributed by atoms with Crippen molar-refractivity contribution in [2.45, 2.75) is 6.92 Å². The summed E-state index contributed by atoms with van der Waals surface area (Å²) >= 11 is 0. The highest BCUT2D eigenvalue weighted by Crippen LogP contribution is 2.34. The highest BCUT2D eigenvalue weighted by atomic mass is 16.1. The molecule has 0 bridgehead atoms. The number of benzene rings is 3. The van der Waals surface area contributed by atoms with Crippen molar-refractivity contribution in [1.29, 1.82) is 0 Å². The molecule has 5 rings (SSSR count). The summed E-state index contributed by atoms with van der Waals surface area (Å²) in [5, 5.41) is 7.81. The molecule has 3 aromatic carbocycles. The standard InChI is InChI=1S/C26H20N4O/c1-18-22(26(31)28-21-15-9-4-10-16-21)17-27-25-23(19-11-5-2-6-12-19)24(29-30(18)25)20-13-7-3-8-14-20/h2-17H,1H3,(H,28,31). The number of para-hydroxylation sites is 1. The smallest absolute Gasteiger partial charge is 0.259 e. The molecule has 0 saturated carbocycles. The van der Waals surface area contributed by atoms with Crippen LogP contribution in [0.25, 0.3) is 28.0 Å². The fourth-order valence-corrected chi connectivity index (χ4v) is 3.71. The number of rotatable bonds is 4. The predicted molar refractivity (Wildman–Crippen MR) is 123 cm³/mol. The summed E-state index contributed by atoms with van der Waals surface area (Å²) in [4.78, 5) is 17.6. The molecule has 1 N–H and O–H groups in total. The van der Waals surface area contributed by atoms with Gasteiger partial charge in [-0.15, -0.1) is 0 Å². The van der Waals surface area contributed by atoms with Crippen LogP contribution < -0.4 is 5.32 Å². The summed E-state index contributed by atoms with van der Waals surface area (Å²) < 4.78 is 1.77. The molecule has 0 unspecified atom stereocenters. The first-order chi connectivity index (χ1) is 15.2. The van der Waals surface area contributed by atoms with Crippen LogP contribution in [-0.2, 0) is 0 Å². The first-order valence-electron chi connectivity index (χ1n) is 10.1. The van der Waals surface area contributed by atoms with E-state index < -0.39 is 0 Å². The van der Waals surface area contributed by atoms with Crippen LogP contribution in [0.3, 0.4) is 0 Å². The second-order valence-electron chi connectivity index (χ2n) is 7.27. The average Bonchev–Trinajstić information content (AvgIpc) is 3.22. The van der Waals surface area contributed by atoms with E-state index in [1.54, 1.807) is 10.7 Å². The van der Waals surface area contributed by atoms with Crippen LogP contribution in [0.1, 0.15) is 16.1 Å². The van der Waals surface area contributed by atoms with E-state index >= 15 is 0 Å². The van der Waals surface area contributed by atoms with Gasteiger partial charge in [0, 0.05) is 17.4 Å². The topological polar surface area (TPSA) is 59.3 Å². The molecule has 0 fully saturated rings. The van der Waals surface area contributed by atoms with Gasteiger partial charge in [0.15, 0.2) is 5.65 Å². The molecule has 5 aromatic rings. The summed E-state index contributed by atoms with van der Waals surface area (Å²) in [5.41, 5.74) is 6.50. The Bertz CT molecular complexity index is 1360. The van der Waals surface area contributed by atoms with E-state index in [4.69, 9.17) is 5.10 Å². The summed E-state index contributed by atoms with van der Waals surface area (Å²) in [6.07, 6.45) is 1.63. The zero-order chi connectivity index (χ0) is 21.2. The van der Waals surface area contributed by atoms with Gasteiger partial charge in [0.05, 0.1) is 16.8 Å². The number of nitrogens with zero attached hydrogens (tertiary/aromatic N) is 3. The number of anilines is 1. The molecule has 5 heteroatoms. The van der Waals surface area contributed by atoms with Crippen molar-refractivity contribution in [2.75, 3.05) is 5.32 Å². The Hall–Kier alpha value is -4.25. The third kappa shape index (κ3) is 3.46. The minimum Gasteiger partial charge on any atom is -0.322 e. The van der Waals surface area contributed by atoms with Crippen molar-refractivity contribution in [3.05, 3.63) is 108 Å². The van der Waals surface area contributed by atoms with Gasteiger partial charge in [-0.2, -0.15) is 5.10 Å². The Morgan fingerprint density at radius 1 is 0.806 bits per heavy atom. The summed E-state index contributed by atoms with van der Waals surface area (Å²) in [5.74, 6) is -0.212. The molecule has 0 aliphatic rings. The van der Waals surface area contributed by atoms with Crippen LogP contribution in [0.2, 0.25) is 0 Å². The van der Waals surface area contributed by atoms with Gasteiger partial charge in [-0.1, -0.05) is 78.9 Å². The Labute approximate surface area is 180 Å². The second kappa shape index (κ2) is 7.88. The van der Waals surface area contributed by atoms with Gasteiger partial charge >= 0.3 is 0 Å². The molecule has 0 spiro atoms. The van der Waals surface area contributed by atoms with Crippen molar-refractivity contribution >= 4 is 17.2 Å². The molecule has 1 amide bonds. The van der Waals surface area contributed by atoms with Crippen LogP contribution in [-0.4, -0.2) is 20.5 Å². The van der Waals surface area contributed by atoms with E-state index in [9.17, 15) is 4.79 Å². The predicted octanol–water partition coefficient (Wildman–Crippen LogP) is 5.62. The van der Waals surface area contributed by atoms with Gasteiger partial charge < -0.3 is 5.32 Å². The maximum absolute atomic E-state index is 12.9. The van der Waals surface area contributed by atoms with Crippen molar-refractivity contribution in [1.82, 2.24) is 14.6 Å². The van der Waals surface area contributed by atoms with Gasteiger partial charge in [-0.3, -0.25) is 4.79 Å². The second-order valence-corrected chi connectivity index (χ2v) is 7.27. The van der Waals surface area contributed by atoms with Crippen LogP contribution >= 0.6 is 0 Å². The number of carbonyl (C=O) groups excluding carboxylic acids is 1. The van der Waals surface area contributed by atoms with E-state index in [1.807, 2.05) is 85.8 Å². The lowest BCUT2D eigenvalue weighted by Crippen LogP contribution is -2.16. The molecule has 2 heterocycles. The molecular weight excluding hydrogens is 384 g/mol. The Morgan fingerprint density at radius 3 is 2.03 bits per heavy atom. The number of fused-ring (bicyclic) bond motifs is 1. The molecule has 0 saturated heterocycles. The van der Waals surface area contributed by atoms with Gasteiger partial charge in [0.2, 0.25) is 0 Å². The van der Waals surface area contributed by atoms with Crippen LogP contribution in [0, 0.1) is 6.92 Å². The molecule has 0 atom stereocenters. The molecule has 5 nitrogen and oxygen atoms in total. The molecule has 0 radical (unpaired) electrons. The minimum atomic E-state index is -0.212. The Balaban J connectivity index is 1.67. The molecule has 0 aliphatic carbocycles. The highest BCUT2D eigenvalue weighted by Gasteiger charge is 2.21. The largest absolute Gasteiger partial charge is 0.322 e. The van der Waals surface area contributed by atoms with Crippen molar-refractivity contribution < 1.29 is 4.79 Å². The summed E-state index contributed by atoms with van der Waals surface area (Å²) in [6, 6.07) is 29.5. The number of hydrogen-bond donors (Lipinski definition) is 1. The normalized spacial score (nSPS) is 10.9. The Kier molecular flexibility index (Phi) is 4.77. The summed E-state index contributed by atoms with van der Waals surface area (Å²) in [6.45, 7) is 1.89. The van der Waals surface area contributed by atoms with Crippen molar-refractivity contribution in [3.63, 3.8) is 0 Å². The van der Waals surface area contributed by atoms with Gasteiger partial charge in [-0.05, 0) is 24.6 Å². The van der Waals surface area contributed by atoms with Crippen LogP contribution in [0.15, 0.2) is 97.2 Å². The highest BCUT2D eigenvalue weighted by molar-refractivity contribution is 6.05. The van der Waals surface area contributed by atoms with Gasteiger partial charge in [0.25, 0.3) is 5.91 Å². The van der Waals surface area contributed by atoms with Crippen molar-refractivity contribution in [3.8, 4) is 22.4 Å². The fourth-order valence-electron chi connectivity index (χ4n) is 3.71. The molecule has 2 aromatic heterocycles. The van der Waals surface area contributed by atoms with E-state index in [0.717, 1.165) is 39.4 Å². The van der Waals surface area contributed by atoms with Crippen LogP contribution in [0.5, 0.6) is 0 Å². The lowest BCUT2D eigenvalue weighted by atomic mass is 10.0. The number of aromatic nitrogens is 3. The molecule has 150 valence electrons. The maximum atomic E-state index is 12.9. The number of hydrogen-bond acceptors (Lipinski definition) is 3. The van der Waals surface area contributed by atoms with Gasteiger partial charge in [-0.25, -0.2) is 9.50 Å². The minimum absolute atomic E-state index is 0.212. The zero-order valence-corrected chi connectivity index (χ0v) is 17.0. The van der Waals surface area contributed by atoms with E-state index in [0.29, 0.717) is 5.56 Å². The monoisotopic (exact) mass is 404 g/mol. The van der Waals surface area contributed by atoms with Gasteiger partial charge in [0.1, 0.15) is 5.69 Å². The Morgan fingerprint density at radius 2 is 1.39 bits per heavy atom.